The van der Waals surface area contributed by atoms with Crippen LogP contribution in [0.1, 0.15) is 33.7 Å². The van der Waals surface area contributed by atoms with Crippen LogP contribution in [0.15, 0.2) is 40.6 Å². The van der Waals surface area contributed by atoms with Gasteiger partial charge in [-0.05, 0) is 66.3 Å². The number of hydrogen-bond donors (Lipinski definition) is 1. The molecule has 0 spiro atoms. The lowest BCUT2D eigenvalue weighted by Gasteiger charge is -2.25. The number of nitrogens with zero attached hydrogens (tertiary/aromatic N) is 1. The molecule has 2 aromatic rings. The summed E-state index contributed by atoms with van der Waals surface area (Å²) in [6.45, 7) is 6.72. The molecule has 0 amide bonds. The van der Waals surface area contributed by atoms with Crippen molar-refractivity contribution in [2.45, 2.75) is 26.7 Å². The van der Waals surface area contributed by atoms with Gasteiger partial charge in [-0.15, -0.1) is 22.7 Å². The van der Waals surface area contributed by atoms with Crippen molar-refractivity contribution in [3.8, 4) is 0 Å². The summed E-state index contributed by atoms with van der Waals surface area (Å²) in [4.78, 5) is 16.1. The Balaban J connectivity index is 1.74. The van der Waals surface area contributed by atoms with Gasteiger partial charge in [0.05, 0.1) is 0 Å². The van der Waals surface area contributed by atoms with Gasteiger partial charge in [0.2, 0.25) is 0 Å². The molecule has 0 atom stereocenters. The van der Waals surface area contributed by atoms with Crippen LogP contribution in [-0.2, 0) is 4.79 Å². The van der Waals surface area contributed by atoms with E-state index in [1.165, 1.54) is 26.5 Å². The summed E-state index contributed by atoms with van der Waals surface area (Å²) in [7, 11) is 0. The summed E-state index contributed by atoms with van der Waals surface area (Å²) < 4.78 is 0. The quantitative estimate of drug-likeness (QED) is 0.777. The molecule has 0 unspecified atom stereocenters. The molecular formula is C20H23NO2S2. The molecule has 3 nitrogen and oxygen atoms in total. The van der Waals surface area contributed by atoms with Crippen LogP contribution in [-0.4, -0.2) is 35.6 Å². The molecule has 0 radical (unpaired) electrons. The van der Waals surface area contributed by atoms with Crippen LogP contribution in [0.5, 0.6) is 0 Å². The first kappa shape index (κ1) is 18.1. The van der Waals surface area contributed by atoms with Crippen molar-refractivity contribution in [2.24, 2.45) is 0 Å². The number of carboxylic acids is 1. The average molecular weight is 374 g/mol. The largest absolute Gasteiger partial charge is 0.478 e. The topological polar surface area (TPSA) is 40.5 Å². The van der Waals surface area contributed by atoms with E-state index in [1.54, 1.807) is 22.7 Å². The first-order chi connectivity index (χ1) is 12.1. The molecule has 1 N–H and O–H groups in total. The maximum atomic E-state index is 11.2. The molecule has 0 fully saturated rings. The molecular weight excluding hydrogens is 350 g/mol. The predicted octanol–water partition coefficient (Wildman–Crippen LogP) is 4.96. The molecule has 25 heavy (non-hydrogen) atoms. The van der Waals surface area contributed by atoms with Gasteiger partial charge < -0.3 is 5.11 Å². The van der Waals surface area contributed by atoms with Gasteiger partial charge in [-0.1, -0.05) is 12.2 Å². The summed E-state index contributed by atoms with van der Waals surface area (Å²) in [6, 6.07) is 4.41. The molecule has 0 aliphatic carbocycles. The van der Waals surface area contributed by atoms with E-state index >= 15 is 0 Å². The predicted molar refractivity (Wildman–Crippen MR) is 107 cm³/mol. The Labute approximate surface area is 156 Å². The molecule has 0 bridgehead atoms. The Morgan fingerprint density at radius 1 is 1.20 bits per heavy atom. The van der Waals surface area contributed by atoms with E-state index in [4.69, 9.17) is 0 Å². The summed E-state index contributed by atoms with van der Waals surface area (Å²) >= 11 is 3.56. The monoisotopic (exact) mass is 373 g/mol. The molecule has 3 rings (SSSR count). The third-order valence-corrected chi connectivity index (χ3v) is 6.29. The Morgan fingerprint density at radius 2 is 1.84 bits per heavy atom. The second-order valence-electron chi connectivity index (χ2n) is 6.29. The van der Waals surface area contributed by atoms with E-state index in [0.29, 0.717) is 12.1 Å². The van der Waals surface area contributed by atoms with Crippen LogP contribution in [0.4, 0.5) is 0 Å². The number of carbonyl (C=O) groups is 1. The van der Waals surface area contributed by atoms with Crippen molar-refractivity contribution in [1.82, 2.24) is 4.90 Å². The lowest BCUT2D eigenvalue weighted by molar-refractivity contribution is -0.133. The Bertz CT molecular complexity index is 771. The average Bonchev–Trinajstić information content (AvgIpc) is 3.21. The molecule has 1 aliphatic heterocycles. The zero-order valence-corrected chi connectivity index (χ0v) is 16.3. The smallest absolute Gasteiger partial charge is 0.332 e. The van der Waals surface area contributed by atoms with E-state index in [0.717, 1.165) is 25.9 Å². The number of carboxylic acid groups (broad SMARTS) is 1. The zero-order valence-electron chi connectivity index (χ0n) is 14.6. The van der Waals surface area contributed by atoms with Crippen molar-refractivity contribution in [3.63, 3.8) is 0 Å². The van der Waals surface area contributed by atoms with Gasteiger partial charge in [-0.2, -0.15) is 0 Å². The van der Waals surface area contributed by atoms with Crippen molar-refractivity contribution in [3.05, 3.63) is 61.5 Å². The van der Waals surface area contributed by atoms with Crippen LogP contribution in [0.3, 0.4) is 0 Å². The summed E-state index contributed by atoms with van der Waals surface area (Å²) in [6.07, 6.45) is 5.92. The minimum absolute atomic E-state index is 0.526. The van der Waals surface area contributed by atoms with E-state index in [1.807, 2.05) is 6.08 Å². The normalized spacial score (nSPS) is 15.0. The Morgan fingerprint density at radius 3 is 2.36 bits per heavy atom. The first-order valence-electron chi connectivity index (χ1n) is 8.50. The SMILES string of the molecule is Cc1sccc1C(=CCCN1CCC=C(C(=O)O)C1)c1ccsc1C. The fourth-order valence-corrected chi connectivity index (χ4v) is 4.66. The van der Waals surface area contributed by atoms with Crippen LogP contribution in [0.2, 0.25) is 0 Å². The second-order valence-corrected chi connectivity index (χ2v) is 8.53. The fraction of sp³-hybridized carbons (Fsp3) is 0.350. The molecule has 0 aromatic carbocycles. The van der Waals surface area contributed by atoms with Crippen molar-refractivity contribution in [2.75, 3.05) is 19.6 Å². The summed E-state index contributed by atoms with van der Waals surface area (Å²) in [5.41, 5.74) is 4.47. The number of aryl methyl sites for hydroxylation is 2. The number of aliphatic carboxylic acids is 1. The molecule has 3 heterocycles. The maximum absolute atomic E-state index is 11.2. The van der Waals surface area contributed by atoms with Crippen LogP contribution in [0, 0.1) is 13.8 Å². The highest BCUT2D eigenvalue weighted by molar-refractivity contribution is 7.10. The standard InChI is InChI=1S/C20H23NO2S2/c1-14-17(7-11-24-14)19(18-8-12-25-15(18)2)6-4-10-21-9-3-5-16(13-21)20(22)23/h5-8,11-12H,3-4,9-10,13H2,1-2H3,(H,22,23). The lowest BCUT2D eigenvalue weighted by atomic mass is 9.98. The molecule has 0 saturated carbocycles. The van der Waals surface area contributed by atoms with Crippen molar-refractivity contribution < 1.29 is 9.90 Å². The van der Waals surface area contributed by atoms with Gasteiger partial charge in [0.1, 0.15) is 0 Å². The zero-order chi connectivity index (χ0) is 17.8. The number of hydrogen-bond acceptors (Lipinski definition) is 4. The highest BCUT2D eigenvalue weighted by Gasteiger charge is 2.17. The fourth-order valence-electron chi connectivity index (χ4n) is 3.24. The highest BCUT2D eigenvalue weighted by atomic mass is 32.1. The minimum atomic E-state index is -0.788. The van der Waals surface area contributed by atoms with Gasteiger partial charge >= 0.3 is 5.97 Å². The summed E-state index contributed by atoms with van der Waals surface area (Å²) in [5.74, 6) is -0.788. The Hall–Kier alpha value is -1.69. The molecule has 0 saturated heterocycles. The van der Waals surface area contributed by atoms with Crippen LogP contribution in [0.25, 0.3) is 5.57 Å². The van der Waals surface area contributed by atoms with Crippen molar-refractivity contribution in [1.29, 1.82) is 0 Å². The van der Waals surface area contributed by atoms with Gasteiger partial charge in [-0.3, -0.25) is 4.90 Å². The third-order valence-electron chi connectivity index (χ3n) is 4.60. The molecule has 132 valence electrons. The van der Waals surface area contributed by atoms with Gasteiger partial charge in [0.15, 0.2) is 0 Å². The van der Waals surface area contributed by atoms with E-state index in [-0.39, 0.29) is 0 Å². The van der Waals surface area contributed by atoms with Gasteiger partial charge in [-0.25, -0.2) is 4.79 Å². The van der Waals surface area contributed by atoms with E-state index < -0.39 is 5.97 Å². The van der Waals surface area contributed by atoms with Gasteiger partial charge in [0, 0.05) is 35.0 Å². The third kappa shape index (κ3) is 4.29. The first-order valence-corrected chi connectivity index (χ1v) is 10.3. The van der Waals surface area contributed by atoms with Crippen molar-refractivity contribution >= 4 is 34.2 Å². The molecule has 2 aromatic heterocycles. The number of rotatable bonds is 6. The number of thiophene rings is 2. The molecule has 5 heteroatoms. The van der Waals surface area contributed by atoms with Crippen LogP contribution < -0.4 is 0 Å². The van der Waals surface area contributed by atoms with Gasteiger partial charge in [0.25, 0.3) is 0 Å². The highest BCUT2D eigenvalue weighted by Crippen LogP contribution is 2.33. The maximum Gasteiger partial charge on any atom is 0.332 e. The minimum Gasteiger partial charge on any atom is -0.478 e. The lowest BCUT2D eigenvalue weighted by Crippen LogP contribution is -2.32. The van der Waals surface area contributed by atoms with Crippen LogP contribution >= 0.6 is 22.7 Å². The van der Waals surface area contributed by atoms with E-state index in [2.05, 4.69) is 47.7 Å². The Kier molecular flexibility index (Phi) is 5.89. The van der Waals surface area contributed by atoms with E-state index in [9.17, 15) is 9.90 Å². The molecule has 1 aliphatic rings. The second kappa shape index (κ2) is 8.13. The summed E-state index contributed by atoms with van der Waals surface area (Å²) in [5, 5.41) is 13.5.